The first-order valence-corrected chi connectivity index (χ1v) is 18.5. The summed E-state index contributed by atoms with van der Waals surface area (Å²) in [5, 5.41) is 6.86. The van der Waals surface area contributed by atoms with Crippen molar-refractivity contribution < 1.29 is 33.4 Å². The zero-order valence-electron chi connectivity index (χ0n) is 32.8. The molecule has 0 spiro atoms. The summed E-state index contributed by atoms with van der Waals surface area (Å²) in [4.78, 5) is 55.3. The molecular formula is C44H54N4O7. The van der Waals surface area contributed by atoms with E-state index in [0.29, 0.717) is 0 Å². The molecule has 0 bridgehead atoms. The van der Waals surface area contributed by atoms with Gasteiger partial charge in [-0.1, -0.05) is 128 Å². The Balaban J connectivity index is 1.67. The summed E-state index contributed by atoms with van der Waals surface area (Å²) in [7, 11) is 0. The number of benzene rings is 4. The van der Waals surface area contributed by atoms with Crippen molar-refractivity contribution in [2.75, 3.05) is 13.2 Å². The van der Waals surface area contributed by atoms with Crippen LogP contribution < -0.4 is 16.1 Å². The van der Waals surface area contributed by atoms with Crippen molar-refractivity contribution in [1.29, 1.82) is 0 Å². The second-order valence-electron chi connectivity index (χ2n) is 15.5. The van der Waals surface area contributed by atoms with Gasteiger partial charge in [-0.15, -0.1) is 0 Å². The van der Waals surface area contributed by atoms with Gasteiger partial charge in [0, 0.05) is 0 Å². The number of rotatable bonds is 14. The fourth-order valence-corrected chi connectivity index (χ4v) is 5.79. The van der Waals surface area contributed by atoms with E-state index in [-0.39, 0.29) is 25.7 Å². The highest BCUT2D eigenvalue weighted by atomic mass is 16.6. The third-order valence-corrected chi connectivity index (χ3v) is 8.31. The molecule has 2 atom stereocenters. The van der Waals surface area contributed by atoms with Gasteiger partial charge in [0.25, 0.3) is 5.91 Å². The molecule has 55 heavy (non-hydrogen) atoms. The van der Waals surface area contributed by atoms with Crippen molar-refractivity contribution in [2.24, 2.45) is 5.92 Å². The van der Waals surface area contributed by atoms with Crippen LogP contribution in [0.4, 0.5) is 9.59 Å². The van der Waals surface area contributed by atoms with E-state index in [2.05, 4.69) is 16.1 Å². The van der Waals surface area contributed by atoms with Gasteiger partial charge in [0.1, 0.15) is 23.8 Å². The maximum atomic E-state index is 14.4. The zero-order valence-corrected chi connectivity index (χ0v) is 32.8. The maximum absolute atomic E-state index is 14.4. The molecule has 1 unspecified atom stereocenters. The normalized spacial score (nSPS) is 12.8. The van der Waals surface area contributed by atoms with Gasteiger partial charge in [0.15, 0.2) is 0 Å². The molecule has 292 valence electrons. The predicted molar refractivity (Wildman–Crippen MR) is 211 cm³/mol. The topological polar surface area (TPSA) is 135 Å². The molecule has 4 rings (SSSR count). The summed E-state index contributed by atoms with van der Waals surface area (Å²) in [6.07, 6.45) is -2.24. The highest BCUT2D eigenvalue weighted by Gasteiger charge is 2.39. The molecule has 11 nitrogen and oxygen atoms in total. The van der Waals surface area contributed by atoms with Crippen molar-refractivity contribution in [3.63, 3.8) is 0 Å². The van der Waals surface area contributed by atoms with Crippen LogP contribution in [0.15, 0.2) is 121 Å². The van der Waals surface area contributed by atoms with Crippen LogP contribution in [-0.4, -0.2) is 59.4 Å². The fraction of sp³-hybridized carbons (Fsp3) is 0.364. The molecule has 0 heterocycles. The molecule has 11 heteroatoms. The zero-order chi connectivity index (χ0) is 40.1. The molecule has 0 radical (unpaired) electrons. The van der Waals surface area contributed by atoms with Crippen LogP contribution >= 0.6 is 0 Å². The van der Waals surface area contributed by atoms with Crippen LogP contribution in [0.3, 0.4) is 0 Å². The van der Waals surface area contributed by atoms with Crippen LogP contribution in [0, 0.1) is 5.92 Å². The Bertz CT molecular complexity index is 1730. The first-order valence-electron chi connectivity index (χ1n) is 18.5. The van der Waals surface area contributed by atoms with Gasteiger partial charge in [-0.3, -0.25) is 15.0 Å². The molecule has 3 N–H and O–H groups in total. The van der Waals surface area contributed by atoms with Crippen molar-refractivity contribution in [1.82, 2.24) is 21.1 Å². The lowest BCUT2D eigenvalue weighted by molar-refractivity contribution is -0.132. The molecule has 4 aromatic carbocycles. The monoisotopic (exact) mass is 750 g/mol. The molecule has 0 aromatic heterocycles. The van der Waals surface area contributed by atoms with Crippen molar-refractivity contribution >= 4 is 24.0 Å². The van der Waals surface area contributed by atoms with Gasteiger partial charge >= 0.3 is 12.2 Å². The molecule has 4 amide bonds. The Morgan fingerprint density at radius 1 is 0.673 bits per heavy atom. The van der Waals surface area contributed by atoms with E-state index in [4.69, 9.17) is 14.2 Å². The van der Waals surface area contributed by atoms with E-state index in [9.17, 15) is 19.2 Å². The van der Waals surface area contributed by atoms with Gasteiger partial charge in [0.2, 0.25) is 5.91 Å². The minimum atomic E-state index is -1.48. The Hall–Kier alpha value is -5.68. The van der Waals surface area contributed by atoms with Crippen LogP contribution in [-0.2, 0) is 35.9 Å². The largest absolute Gasteiger partial charge is 0.445 e. The second-order valence-corrected chi connectivity index (χ2v) is 15.5. The SMILES string of the molecule is C[C@@H](COC(C)(C)C)CN(NC(=O)C(CC(=O)NC(c1ccccc1)(c1ccccc1)c1ccccc1)NC(=O)OCc1ccccc1)C(=O)OC(C)(C)C. The number of ether oxygens (including phenoxy) is 3. The van der Waals surface area contributed by atoms with Gasteiger partial charge < -0.3 is 24.8 Å². The van der Waals surface area contributed by atoms with E-state index in [1.165, 1.54) is 0 Å². The van der Waals surface area contributed by atoms with Crippen LogP contribution in [0.5, 0.6) is 0 Å². The van der Waals surface area contributed by atoms with Crippen LogP contribution in [0.25, 0.3) is 0 Å². The van der Waals surface area contributed by atoms with Gasteiger partial charge in [0.05, 0.1) is 25.2 Å². The van der Waals surface area contributed by atoms with E-state index >= 15 is 0 Å². The van der Waals surface area contributed by atoms with E-state index in [1.807, 2.05) is 137 Å². The average Bonchev–Trinajstić information content (AvgIpc) is 3.15. The molecule has 0 saturated heterocycles. The maximum Gasteiger partial charge on any atom is 0.429 e. The van der Waals surface area contributed by atoms with Crippen molar-refractivity contribution in [2.45, 2.75) is 84.3 Å². The number of carbonyl (C=O) groups is 4. The lowest BCUT2D eigenvalue weighted by atomic mass is 9.77. The Labute approximate surface area is 324 Å². The third kappa shape index (κ3) is 13.0. The number of amides is 4. The smallest absolute Gasteiger partial charge is 0.429 e. The Morgan fingerprint density at radius 2 is 1.15 bits per heavy atom. The van der Waals surface area contributed by atoms with E-state index in [0.717, 1.165) is 27.3 Å². The van der Waals surface area contributed by atoms with E-state index in [1.54, 1.807) is 32.9 Å². The standard InChI is InChI=1S/C44H54N4O7/c1-32(30-54-42(2,3)4)29-48(41(52)55-43(5,6)7)47-39(50)37(45-40(51)53-31-33-20-12-8-13-21-33)28-38(49)46-44(34-22-14-9-15-23-34,35-24-16-10-17-25-35)36-26-18-11-19-27-36/h8-27,32,37H,28-31H2,1-7H3,(H,45,51)(H,46,49)(H,47,50)/t32-,37?/m1/s1. The summed E-state index contributed by atoms with van der Waals surface area (Å²) < 4.78 is 17.0. The average molecular weight is 751 g/mol. The summed E-state index contributed by atoms with van der Waals surface area (Å²) in [5.41, 5.74) is 3.21. The number of hydrogen-bond donors (Lipinski definition) is 3. The van der Waals surface area contributed by atoms with Gasteiger partial charge in [-0.05, 0) is 69.7 Å². The number of hydrazine groups is 1. The molecular weight excluding hydrogens is 697 g/mol. The molecule has 0 fully saturated rings. The third-order valence-electron chi connectivity index (χ3n) is 8.31. The molecule has 0 saturated carbocycles. The van der Waals surface area contributed by atoms with Gasteiger partial charge in [-0.25, -0.2) is 14.6 Å². The molecule has 0 aliphatic carbocycles. The lowest BCUT2D eigenvalue weighted by Gasteiger charge is -2.37. The fourth-order valence-electron chi connectivity index (χ4n) is 5.79. The van der Waals surface area contributed by atoms with Gasteiger partial charge in [-0.2, -0.15) is 0 Å². The highest BCUT2D eigenvalue weighted by Crippen LogP contribution is 2.37. The number of hydrogen-bond acceptors (Lipinski definition) is 7. The molecule has 0 aliphatic heterocycles. The van der Waals surface area contributed by atoms with Crippen molar-refractivity contribution in [3.05, 3.63) is 144 Å². The lowest BCUT2D eigenvalue weighted by Crippen LogP contribution is -2.57. The molecule has 4 aromatic rings. The van der Waals surface area contributed by atoms with Crippen LogP contribution in [0.2, 0.25) is 0 Å². The second kappa shape index (κ2) is 19.1. The minimum absolute atomic E-state index is 0.0211. The summed E-state index contributed by atoms with van der Waals surface area (Å²) in [6.45, 7) is 13.0. The number of carbonyl (C=O) groups excluding carboxylic acids is 4. The van der Waals surface area contributed by atoms with Crippen LogP contribution in [0.1, 0.15) is 77.1 Å². The quantitative estimate of drug-likeness (QED) is 0.0898. The summed E-state index contributed by atoms with van der Waals surface area (Å²) >= 11 is 0. The number of nitrogens with zero attached hydrogens (tertiary/aromatic N) is 1. The first kappa shape index (κ1) is 42.1. The predicted octanol–water partition coefficient (Wildman–Crippen LogP) is 7.50. The Kier molecular flexibility index (Phi) is 14.6. The van der Waals surface area contributed by atoms with Crippen molar-refractivity contribution in [3.8, 4) is 0 Å². The minimum Gasteiger partial charge on any atom is -0.445 e. The summed E-state index contributed by atoms with van der Waals surface area (Å²) in [6, 6.07) is 36.1. The number of nitrogens with one attached hydrogen (secondary N) is 3. The molecule has 0 aliphatic rings. The first-order chi connectivity index (χ1) is 26.1. The highest BCUT2D eigenvalue weighted by molar-refractivity contribution is 5.92. The number of alkyl carbamates (subject to hydrolysis) is 1. The Morgan fingerprint density at radius 3 is 1.60 bits per heavy atom. The van der Waals surface area contributed by atoms with E-state index < -0.39 is 53.2 Å². The summed E-state index contributed by atoms with van der Waals surface area (Å²) in [5.74, 6) is -1.62.